The average molecular weight is 1940 g/mol. The molecular formula is C92H127N23O20S2. The van der Waals surface area contributed by atoms with E-state index >= 15 is 38.4 Å². The Morgan fingerprint density at radius 1 is 0.657 bits per heavy atom. The number of aromatic amines is 2. The second-order valence-corrected chi connectivity index (χ2v) is 37.0. The Labute approximate surface area is 800 Å². The van der Waals surface area contributed by atoms with Gasteiger partial charge in [-0.1, -0.05) is 88.7 Å². The van der Waals surface area contributed by atoms with Crippen LogP contribution in [-0.4, -0.2) is 320 Å². The van der Waals surface area contributed by atoms with Gasteiger partial charge in [0.1, 0.15) is 89.8 Å². The van der Waals surface area contributed by atoms with Crippen molar-refractivity contribution in [3.8, 4) is 5.75 Å². The van der Waals surface area contributed by atoms with E-state index in [4.69, 9.17) is 27.3 Å². The maximum Gasteiger partial charge on any atom is 0.251 e. The molecule has 22 N–H and O–H groups in total. The van der Waals surface area contributed by atoms with Crippen LogP contribution in [0.5, 0.6) is 5.75 Å². The van der Waals surface area contributed by atoms with Gasteiger partial charge < -0.3 is 130 Å². The van der Waals surface area contributed by atoms with Gasteiger partial charge in [-0.25, -0.2) is 4.98 Å². The number of H-pyrrole nitrogens is 2. The van der Waals surface area contributed by atoms with Gasteiger partial charge >= 0.3 is 0 Å². The number of carbonyl (C=O) groups is 17. The van der Waals surface area contributed by atoms with E-state index in [-0.39, 0.29) is 127 Å². The van der Waals surface area contributed by atoms with E-state index in [2.05, 4.69) is 80.0 Å². The number of nitrogens with one attached hydrogen (secondary N) is 14. The fourth-order valence-corrected chi connectivity index (χ4v) is 18.7. The van der Waals surface area contributed by atoms with Gasteiger partial charge in [0.25, 0.3) is 5.91 Å². The van der Waals surface area contributed by atoms with E-state index in [1.54, 1.807) is 61.8 Å². The summed E-state index contributed by atoms with van der Waals surface area (Å²) in [6, 6.07) is -0.180. The van der Waals surface area contributed by atoms with Gasteiger partial charge in [-0.3, -0.25) is 82.1 Å². The lowest BCUT2D eigenvalue weighted by atomic mass is 9.93. The molecule has 3 fully saturated rings. The molecule has 0 bridgehead atoms. The molecule has 742 valence electrons. The third kappa shape index (κ3) is 29.7. The van der Waals surface area contributed by atoms with Gasteiger partial charge in [-0.05, 0) is 116 Å². The van der Waals surface area contributed by atoms with Crippen molar-refractivity contribution < 1.29 is 96.5 Å². The number of aliphatic hydroxyl groups excluding tert-OH is 1. The molecule has 6 heterocycles. The third-order valence-electron chi connectivity index (χ3n) is 24.5. The molecule has 16 amide bonds. The number of hydrogen-bond acceptors (Lipinski definition) is 25. The number of amides is 16. The number of aldehydes is 1. The highest BCUT2D eigenvalue weighted by atomic mass is 32.2. The number of nitrogens with two attached hydrogens (primary N) is 3. The standard InChI is InChI=1S/C92H127N23O20S2/c1-10-11-22-72-90(134)112(7)69(30-35-135-9)84(128)110-92(49-116,31-18-32-98-91(95)96)48-101-68(79(123)100-44-75(94)120)46-136-47-76(121)103-65(37-54-26-28-58(118)29-27-54)86(130)111(6)52(4)78(122)106-67(41-74(93)119)89(133)115-34-17-24-71(115)83(127)105-63(40-57-43-97-50-102-57)80(124)107-64(36-51(2)3)88(132)114-33-16-23-70(114)82(126)104-62(38-55-42-99-61-21-14-12-19-59(55)61)81(125)109-77(53(5)117)85(129)108-66(87(131)113(72)8)39-56-45-137-73-25-15-13-20-60(56)73/h12-15,19-21,25-29,42-43,45,49-52,62-72,77,99,101,117-118H,5,10-11,16-18,22-24,30-41,44,46-48H2,1-4,6-9H3,(H2,93,119)(H2,94,120)(H,97,102)(H,100,123)(H,103,121)(H,104,126)(H,105,127)(H,106,122)(H,107,124)(H,108,129)(H,109,125)(H,110,128)(H4,95,96,98)/t52-,62-,63-,64-,65-,66-,67-,68?,69-,70+,71?,72-,77-,92-/m0/s1. The molecule has 0 radical (unpaired) electrons. The lowest BCUT2D eigenvalue weighted by molar-refractivity contribution is -0.150. The Hall–Kier alpha value is -13.6. The maximum absolute atomic E-state index is 15.9. The fraction of sp³-hybridized carbons (Fsp3) is 0.511. The summed E-state index contributed by atoms with van der Waals surface area (Å²) in [6.45, 7) is 8.73. The summed E-state index contributed by atoms with van der Waals surface area (Å²) >= 11 is 2.16. The van der Waals surface area contributed by atoms with Crippen LogP contribution in [0.1, 0.15) is 127 Å². The molecule has 3 aliphatic heterocycles. The molecule has 137 heavy (non-hydrogen) atoms. The number of primary amides is 2. The Balaban J connectivity index is 1.11. The number of likely N-dealkylation sites (N-methyl/N-ethyl adjacent to an activating group) is 3. The number of phenolic OH excluding ortho intramolecular Hbond substituents is 1. The molecule has 3 aromatic heterocycles. The molecule has 0 saturated carbocycles. The number of fused-ring (bicyclic) bond motifs is 4. The van der Waals surface area contributed by atoms with Crippen LogP contribution >= 0.6 is 23.1 Å². The minimum absolute atomic E-state index is 0.000608. The maximum atomic E-state index is 15.9. The zero-order valence-electron chi connectivity index (χ0n) is 78.1. The molecule has 0 spiro atoms. The summed E-state index contributed by atoms with van der Waals surface area (Å²) in [5.74, 6) is -17.5. The number of methoxy groups -OCH3 is 1. The molecule has 3 saturated heterocycles. The van der Waals surface area contributed by atoms with Crippen molar-refractivity contribution >= 4 is 151 Å². The highest BCUT2D eigenvalue weighted by Crippen LogP contribution is 2.30. The number of aromatic nitrogens is 3. The number of nitrogens with zero attached hydrogens (tertiary/aromatic N) is 6. The zero-order chi connectivity index (χ0) is 100. The third-order valence-corrected chi connectivity index (χ3v) is 26.5. The Morgan fingerprint density at radius 3 is 1.88 bits per heavy atom. The second kappa shape index (κ2) is 50.9. The van der Waals surface area contributed by atoms with Gasteiger partial charge in [-0.2, -0.15) is 0 Å². The lowest BCUT2D eigenvalue weighted by Gasteiger charge is -2.38. The average Bonchev–Trinajstić information content (AvgIpc) is 1.77. The molecule has 3 aromatic carbocycles. The number of ether oxygens (including phenoxy) is 1. The van der Waals surface area contributed by atoms with E-state index in [1.807, 2.05) is 19.1 Å². The molecule has 45 heteroatoms. The molecule has 3 aliphatic rings. The number of thiophene rings is 1. The zero-order valence-corrected chi connectivity index (χ0v) is 79.7. The highest BCUT2D eigenvalue weighted by molar-refractivity contribution is 8.00. The smallest absolute Gasteiger partial charge is 0.251 e. The number of phenols is 1. The molecule has 0 aliphatic carbocycles. The van der Waals surface area contributed by atoms with Crippen LogP contribution in [0, 0.1) is 11.3 Å². The summed E-state index contributed by atoms with van der Waals surface area (Å²) in [6.07, 6.45) is 3.57. The summed E-state index contributed by atoms with van der Waals surface area (Å²) in [5, 5.41) is 62.6. The summed E-state index contributed by atoms with van der Waals surface area (Å²) in [4.78, 5) is 266. The van der Waals surface area contributed by atoms with Gasteiger partial charge in [0.2, 0.25) is 88.6 Å². The minimum atomic E-state index is -2.08. The van der Waals surface area contributed by atoms with Gasteiger partial charge in [0, 0.05) is 133 Å². The number of guanidine groups is 1. The van der Waals surface area contributed by atoms with E-state index in [9.17, 15) is 53.4 Å². The Morgan fingerprint density at radius 2 is 1.26 bits per heavy atom. The summed E-state index contributed by atoms with van der Waals surface area (Å²) in [5.41, 5.74) is 17.3. The highest BCUT2D eigenvalue weighted by Gasteiger charge is 2.47. The topological polar surface area (TPSA) is 635 Å². The number of para-hydroxylation sites is 1. The van der Waals surface area contributed by atoms with Crippen LogP contribution in [-0.2, 0) is 112 Å². The van der Waals surface area contributed by atoms with Crippen LogP contribution < -0.4 is 75.7 Å². The number of hydrogen-bond donors (Lipinski definition) is 19. The summed E-state index contributed by atoms with van der Waals surface area (Å²) in [7, 11) is 5.20. The van der Waals surface area contributed by atoms with Crippen molar-refractivity contribution in [2.45, 2.75) is 215 Å². The number of carbonyl (C=O) groups excluding carboxylic acids is 17. The number of benzene rings is 3. The van der Waals surface area contributed by atoms with Crippen LogP contribution in [0.15, 0.2) is 109 Å². The predicted octanol–water partition coefficient (Wildman–Crippen LogP) is -1.20. The SMILES string of the molecule is C=C(O)[C@@H]1NC(=O)[C@H](Cc2c[nH]c3ccccc23)NC(=O)[C@H]2CCCN2C(=O)[C@H](CC(C)C)NC(=O)[C@H](Cc2cnc[nH]2)NC(=O)C2CCCN2C(=O)[C@H](CC(N)=O)NC(=O)[C@H](C)N(C)C(=O)[C@H](Cc2ccc(O)cc2)NC(=O)CSCC(C(=O)NCC(N)=O)NC[C@](C=O)(CCCNC(=N)N)NC(=O)[C@H](CCOC)N(C)C(=O)[C@H](CCCC)N(C)C(=O)[C@H](Cc2csc3ccccc23)NC1=O. The Kier molecular flexibility index (Phi) is 39.8. The lowest BCUT2D eigenvalue weighted by Crippen LogP contribution is -2.64. The molecule has 2 unspecified atom stereocenters. The summed E-state index contributed by atoms with van der Waals surface area (Å²) < 4.78 is 6.29. The van der Waals surface area contributed by atoms with Crippen LogP contribution in [0.25, 0.3) is 21.0 Å². The van der Waals surface area contributed by atoms with Crippen molar-refractivity contribution in [2.24, 2.45) is 23.1 Å². The largest absolute Gasteiger partial charge is 0.510 e. The number of imidazole rings is 1. The minimum Gasteiger partial charge on any atom is -0.510 e. The Bertz CT molecular complexity index is 5330. The monoisotopic (exact) mass is 1940 g/mol. The van der Waals surface area contributed by atoms with E-state index in [0.29, 0.717) is 57.8 Å². The molecule has 43 nitrogen and oxygen atoms in total. The second-order valence-electron chi connectivity index (χ2n) is 35.0. The number of rotatable bonds is 27. The van der Waals surface area contributed by atoms with E-state index in [1.165, 1.54) is 88.2 Å². The first-order valence-corrected chi connectivity index (χ1v) is 47.5. The van der Waals surface area contributed by atoms with Gasteiger partial charge in [0.15, 0.2) is 12.0 Å². The van der Waals surface area contributed by atoms with Crippen molar-refractivity contribution in [2.75, 3.05) is 79.1 Å². The van der Waals surface area contributed by atoms with Crippen LogP contribution in [0.4, 0.5) is 0 Å². The van der Waals surface area contributed by atoms with Crippen molar-refractivity contribution in [3.63, 3.8) is 0 Å². The van der Waals surface area contributed by atoms with Crippen LogP contribution in [0.3, 0.4) is 0 Å². The quantitative estimate of drug-likeness (QED) is 0.00947. The van der Waals surface area contributed by atoms with Crippen molar-refractivity contribution in [1.82, 2.24) is 97.9 Å². The predicted molar refractivity (Wildman–Crippen MR) is 508 cm³/mol. The van der Waals surface area contributed by atoms with Gasteiger partial charge in [-0.15, -0.1) is 23.1 Å². The number of unbranched alkanes of at least 4 members (excludes halogenated alkanes) is 1. The first kappa shape index (κ1) is 107. The van der Waals surface area contributed by atoms with Crippen molar-refractivity contribution in [3.05, 3.63) is 132 Å². The molecule has 9 rings (SSSR count). The molecular weight excluding hydrogens is 1810 g/mol. The number of thioether (sulfide) groups is 1. The first-order chi connectivity index (χ1) is 65.2. The number of aromatic hydroxyl groups is 1. The van der Waals surface area contributed by atoms with E-state index in [0.717, 1.165) is 36.1 Å². The molecule has 6 aromatic rings. The van der Waals surface area contributed by atoms with Crippen molar-refractivity contribution in [1.29, 1.82) is 5.41 Å². The fourth-order valence-electron chi connectivity index (χ4n) is 16.9. The van der Waals surface area contributed by atoms with E-state index < -0.39 is 216 Å². The first-order valence-electron chi connectivity index (χ1n) is 45.4. The van der Waals surface area contributed by atoms with Crippen LogP contribution in [0.2, 0.25) is 0 Å². The molecule has 14 atom stereocenters. The normalized spacial score (nSPS) is 24.5. The number of aliphatic hydroxyl groups is 1. The van der Waals surface area contributed by atoms with Gasteiger partial charge in [0.05, 0.1) is 31.1 Å².